The number of amides is 1. The number of carbonyl (C=O) groups excluding carboxylic acids is 1. The van der Waals surface area contributed by atoms with Crippen LogP contribution in [0.3, 0.4) is 0 Å². The van der Waals surface area contributed by atoms with E-state index in [9.17, 15) is 4.79 Å². The molecule has 0 aliphatic rings. The second-order valence-corrected chi connectivity index (χ2v) is 4.76. The predicted molar refractivity (Wildman–Crippen MR) is 69.8 cm³/mol. The quantitative estimate of drug-likeness (QED) is 0.726. The smallest absolute Gasteiger partial charge is 0.267 e. The first-order valence-electron chi connectivity index (χ1n) is 5.70. The van der Waals surface area contributed by atoms with Crippen molar-refractivity contribution in [2.24, 2.45) is 5.73 Å². The average Bonchev–Trinajstić information content (AvgIpc) is 2.20. The molecule has 0 radical (unpaired) electrons. The average molecular weight is 236 g/mol. The number of aromatic nitrogens is 1. The van der Waals surface area contributed by atoms with E-state index in [2.05, 4.69) is 31.1 Å². The minimum Gasteiger partial charge on any atom is -0.396 e. The Morgan fingerprint density at radius 2 is 2.12 bits per heavy atom. The molecule has 1 rings (SSSR count). The molecule has 0 saturated carbocycles. The van der Waals surface area contributed by atoms with Gasteiger partial charge in [0.25, 0.3) is 5.91 Å². The van der Waals surface area contributed by atoms with Gasteiger partial charge in [0.1, 0.15) is 5.69 Å². The van der Waals surface area contributed by atoms with E-state index < -0.39 is 5.91 Å². The van der Waals surface area contributed by atoms with Gasteiger partial charge in [-0.1, -0.05) is 13.3 Å². The number of primary amides is 1. The molecule has 0 aromatic carbocycles. The molecule has 0 spiro atoms. The summed E-state index contributed by atoms with van der Waals surface area (Å²) in [6.07, 6.45) is 2.03. The van der Waals surface area contributed by atoms with Crippen molar-refractivity contribution in [3.8, 4) is 0 Å². The molecule has 1 amide bonds. The number of hydrogen-bond acceptors (Lipinski definition) is 4. The highest BCUT2D eigenvalue weighted by Gasteiger charge is 2.18. The van der Waals surface area contributed by atoms with E-state index in [0.29, 0.717) is 11.5 Å². The minimum absolute atomic E-state index is 0.119. The molecule has 0 bridgehead atoms. The number of hydrogen-bond donors (Lipinski definition) is 3. The van der Waals surface area contributed by atoms with Crippen LogP contribution in [0.5, 0.6) is 0 Å². The Kier molecular flexibility index (Phi) is 3.93. The van der Waals surface area contributed by atoms with Crippen molar-refractivity contribution in [1.82, 2.24) is 4.98 Å². The van der Waals surface area contributed by atoms with Gasteiger partial charge < -0.3 is 16.8 Å². The Labute approximate surface area is 102 Å². The fourth-order valence-corrected chi connectivity index (χ4v) is 1.72. The molecular weight excluding hydrogens is 216 g/mol. The van der Waals surface area contributed by atoms with Crippen molar-refractivity contribution in [3.05, 3.63) is 17.8 Å². The maximum atomic E-state index is 11.0. The van der Waals surface area contributed by atoms with Crippen molar-refractivity contribution < 1.29 is 4.79 Å². The van der Waals surface area contributed by atoms with Crippen molar-refractivity contribution in [2.75, 3.05) is 11.1 Å². The van der Waals surface area contributed by atoms with E-state index >= 15 is 0 Å². The van der Waals surface area contributed by atoms with Crippen molar-refractivity contribution in [2.45, 2.75) is 39.2 Å². The Balaban J connectivity index is 2.97. The summed E-state index contributed by atoms with van der Waals surface area (Å²) in [6, 6.07) is 3.16. The van der Waals surface area contributed by atoms with Crippen LogP contribution in [0, 0.1) is 0 Å². The highest BCUT2D eigenvalue weighted by atomic mass is 16.1. The van der Waals surface area contributed by atoms with E-state index in [1.165, 1.54) is 6.07 Å². The minimum atomic E-state index is -0.554. The maximum Gasteiger partial charge on any atom is 0.267 e. The van der Waals surface area contributed by atoms with E-state index in [-0.39, 0.29) is 11.2 Å². The predicted octanol–water partition coefficient (Wildman–Crippen LogP) is 1.75. The number of pyridine rings is 1. The van der Waals surface area contributed by atoms with Crippen LogP contribution in [0.1, 0.15) is 44.1 Å². The first-order valence-corrected chi connectivity index (χ1v) is 5.70. The summed E-state index contributed by atoms with van der Waals surface area (Å²) in [4.78, 5) is 15.2. The van der Waals surface area contributed by atoms with Crippen LogP contribution in [0.25, 0.3) is 0 Å². The molecule has 0 unspecified atom stereocenters. The monoisotopic (exact) mass is 236 g/mol. The standard InChI is InChI=1S/C12H20N4O/c1-4-7-12(2,3)16-11-8(13)5-6-9(15-11)10(14)17/h5-6H,4,7,13H2,1-3H3,(H2,14,17)(H,15,16). The topological polar surface area (TPSA) is 94.0 Å². The van der Waals surface area contributed by atoms with Crippen LogP contribution < -0.4 is 16.8 Å². The summed E-state index contributed by atoms with van der Waals surface area (Å²) in [6.45, 7) is 6.24. The molecule has 5 heteroatoms. The van der Waals surface area contributed by atoms with Gasteiger partial charge in [-0.3, -0.25) is 4.79 Å². The Morgan fingerprint density at radius 1 is 1.47 bits per heavy atom. The van der Waals surface area contributed by atoms with E-state index in [1.807, 2.05) is 0 Å². The molecule has 0 aliphatic heterocycles. The third-order valence-corrected chi connectivity index (χ3v) is 2.51. The fourth-order valence-electron chi connectivity index (χ4n) is 1.72. The molecule has 1 heterocycles. The van der Waals surface area contributed by atoms with Gasteiger partial charge in [0, 0.05) is 5.54 Å². The van der Waals surface area contributed by atoms with Crippen molar-refractivity contribution >= 4 is 17.4 Å². The zero-order valence-corrected chi connectivity index (χ0v) is 10.6. The van der Waals surface area contributed by atoms with E-state index in [4.69, 9.17) is 11.5 Å². The van der Waals surface area contributed by atoms with Gasteiger partial charge in [-0.25, -0.2) is 4.98 Å². The molecule has 5 nitrogen and oxygen atoms in total. The molecule has 17 heavy (non-hydrogen) atoms. The number of nitrogens with two attached hydrogens (primary N) is 2. The fraction of sp³-hybridized carbons (Fsp3) is 0.500. The summed E-state index contributed by atoms with van der Waals surface area (Å²) in [5, 5.41) is 3.24. The van der Waals surface area contributed by atoms with Crippen LogP contribution in [-0.2, 0) is 0 Å². The molecule has 0 fully saturated rings. The van der Waals surface area contributed by atoms with Gasteiger partial charge in [-0.05, 0) is 32.4 Å². The van der Waals surface area contributed by atoms with Gasteiger partial charge in [0.05, 0.1) is 5.69 Å². The lowest BCUT2D eigenvalue weighted by atomic mass is 9.99. The largest absolute Gasteiger partial charge is 0.396 e. The van der Waals surface area contributed by atoms with Gasteiger partial charge in [-0.15, -0.1) is 0 Å². The zero-order valence-electron chi connectivity index (χ0n) is 10.6. The second kappa shape index (κ2) is 5.03. The van der Waals surface area contributed by atoms with Crippen LogP contribution in [0.4, 0.5) is 11.5 Å². The first-order chi connectivity index (χ1) is 7.85. The van der Waals surface area contributed by atoms with Crippen molar-refractivity contribution in [3.63, 3.8) is 0 Å². The second-order valence-electron chi connectivity index (χ2n) is 4.76. The van der Waals surface area contributed by atoms with Crippen LogP contribution >= 0.6 is 0 Å². The summed E-state index contributed by atoms with van der Waals surface area (Å²) < 4.78 is 0. The zero-order chi connectivity index (χ0) is 13.1. The number of carbonyl (C=O) groups is 1. The van der Waals surface area contributed by atoms with E-state index in [0.717, 1.165) is 12.8 Å². The highest BCUT2D eigenvalue weighted by Crippen LogP contribution is 2.23. The van der Waals surface area contributed by atoms with Crippen LogP contribution in [0.2, 0.25) is 0 Å². The normalized spacial score (nSPS) is 11.2. The van der Waals surface area contributed by atoms with Crippen LogP contribution in [0.15, 0.2) is 12.1 Å². The van der Waals surface area contributed by atoms with Gasteiger partial charge in [-0.2, -0.15) is 0 Å². The SMILES string of the molecule is CCCC(C)(C)Nc1nc(C(N)=O)ccc1N. The lowest BCUT2D eigenvalue weighted by Crippen LogP contribution is -2.31. The molecule has 0 aliphatic carbocycles. The number of rotatable bonds is 5. The molecule has 1 aromatic rings. The number of anilines is 2. The molecular formula is C12H20N4O. The highest BCUT2D eigenvalue weighted by molar-refractivity contribution is 5.91. The summed E-state index contributed by atoms with van der Waals surface area (Å²) in [7, 11) is 0. The van der Waals surface area contributed by atoms with E-state index in [1.54, 1.807) is 6.07 Å². The Morgan fingerprint density at radius 3 is 2.65 bits per heavy atom. The molecule has 94 valence electrons. The van der Waals surface area contributed by atoms with Crippen LogP contribution in [-0.4, -0.2) is 16.4 Å². The van der Waals surface area contributed by atoms with Gasteiger partial charge in [0.2, 0.25) is 0 Å². The third-order valence-electron chi connectivity index (χ3n) is 2.51. The molecule has 5 N–H and O–H groups in total. The van der Waals surface area contributed by atoms with Gasteiger partial charge >= 0.3 is 0 Å². The lowest BCUT2D eigenvalue weighted by Gasteiger charge is -2.27. The summed E-state index contributed by atoms with van der Waals surface area (Å²) in [5.74, 6) is -0.0407. The number of nitrogens with zero attached hydrogens (tertiary/aromatic N) is 1. The maximum absolute atomic E-state index is 11.0. The summed E-state index contributed by atoms with van der Waals surface area (Å²) >= 11 is 0. The van der Waals surface area contributed by atoms with Crippen molar-refractivity contribution in [1.29, 1.82) is 0 Å². The molecule has 0 saturated heterocycles. The van der Waals surface area contributed by atoms with Gasteiger partial charge in [0.15, 0.2) is 5.82 Å². The Hall–Kier alpha value is -1.78. The third kappa shape index (κ3) is 3.62. The molecule has 1 aromatic heterocycles. The summed E-state index contributed by atoms with van der Waals surface area (Å²) in [5.41, 5.74) is 11.6. The Bertz CT molecular complexity index is 415. The first kappa shape index (κ1) is 13.3. The number of nitrogens with one attached hydrogen (secondary N) is 1. The lowest BCUT2D eigenvalue weighted by molar-refractivity contribution is 0.0995. The molecule has 0 atom stereocenters. The number of nitrogen functional groups attached to an aromatic ring is 1.